The van der Waals surface area contributed by atoms with Gasteiger partial charge in [0.1, 0.15) is 0 Å². The summed E-state index contributed by atoms with van der Waals surface area (Å²) in [5.74, 6) is 2.28. The topological polar surface area (TPSA) is 0 Å². The Kier molecular flexibility index (Phi) is 3.62. The zero-order valence-electron chi connectivity index (χ0n) is 6.63. The standard InChI is InChI=1S/C7H12S4/c1-7(2)3-10-5(8)6(9)11-4-7/h8-9H,3-4H2,1-2H3. The summed E-state index contributed by atoms with van der Waals surface area (Å²) in [6.07, 6.45) is 0. The predicted molar refractivity (Wildman–Crippen MR) is 63.7 cm³/mol. The van der Waals surface area contributed by atoms with Crippen molar-refractivity contribution in [1.82, 2.24) is 0 Å². The highest BCUT2D eigenvalue weighted by Crippen LogP contribution is 2.42. The van der Waals surface area contributed by atoms with Crippen LogP contribution >= 0.6 is 48.8 Å². The molecule has 0 radical (unpaired) electrons. The molecule has 11 heavy (non-hydrogen) atoms. The third kappa shape index (κ3) is 3.17. The molecule has 0 aromatic heterocycles. The zero-order chi connectivity index (χ0) is 8.48. The molecule has 1 heterocycles. The lowest BCUT2D eigenvalue weighted by atomic mass is 10.0. The Labute approximate surface area is 87.8 Å². The first kappa shape index (κ1) is 10.2. The van der Waals surface area contributed by atoms with E-state index in [0.29, 0.717) is 5.41 Å². The average Bonchev–Trinajstić information content (AvgIpc) is 2.03. The fourth-order valence-electron chi connectivity index (χ4n) is 0.693. The van der Waals surface area contributed by atoms with Crippen LogP contribution in [0.3, 0.4) is 0 Å². The molecule has 0 fully saturated rings. The van der Waals surface area contributed by atoms with Crippen molar-refractivity contribution in [1.29, 1.82) is 0 Å². The van der Waals surface area contributed by atoms with E-state index in [1.54, 1.807) is 23.5 Å². The van der Waals surface area contributed by atoms with E-state index in [-0.39, 0.29) is 0 Å². The zero-order valence-corrected chi connectivity index (χ0v) is 10.0. The van der Waals surface area contributed by atoms with Crippen LogP contribution in [0, 0.1) is 5.41 Å². The molecule has 1 rings (SSSR count). The third-order valence-corrected chi connectivity index (χ3v) is 6.02. The second-order valence-corrected chi connectivity index (χ2v) is 6.82. The first-order chi connectivity index (χ1) is 5.01. The molecule has 0 spiro atoms. The minimum atomic E-state index is 0.411. The van der Waals surface area contributed by atoms with Gasteiger partial charge in [-0.25, -0.2) is 0 Å². The van der Waals surface area contributed by atoms with Gasteiger partial charge in [0.2, 0.25) is 0 Å². The summed E-state index contributed by atoms with van der Waals surface area (Å²) >= 11 is 12.3. The summed E-state index contributed by atoms with van der Waals surface area (Å²) in [5, 5.41) is 0. The fourth-order valence-corrected chi connectivity index (χ4v) is 3.46. The predicted octanol–water partition coefficient (Wildman–Crippen LogP) is 3.48. The summed E-state index contributed by atoms with van der Waals surface area (Å²) in [6, 6.07) is 0. The van der Waals surface area contributed by atoms with E-state index >= 15 is 0 Å². The molecular formula is C7H12S4. The SMILES string of the molecule is CC1(C)CSC(S)=C(S)SC1. The molecule has 0 atom stereocenters. The number of rotatable bonds is 0. The maximum atomic E-state index is 4.35. The fraction of sp³-hybridized carbons (Fsp3) is 0.714. The Balaban J connectivity index is 2.64. The average molecular weight is 224 g/mol. The lowest BCUT2D eigenvalue weighted by Crippen LogP contribution is -2.16. The molecule has 1 aliphatic heterocycles. The third-order valence-electron chi connectivity index (χ3n) is 1.38. The van der Waals surface area contributed by atoms with E-state index < -0.39 is 0 Å². The molecule has 64 valence electrons. The minimum Gasteiger partial charge on any atom is -0.135 e. The maximum Gasteiger partial charge on any atom is 0.0569 e. The van der Waals surface area contributed by atoms with Crippen molar-refractivity contribution in [2.45, 2.75) is 13.8 Å². The smallest absolute Gasteiger partial charge is 0.0569 e. The second-order valence-electron chi connectivity index (χ2n) is 3.35. The number of thiol groups is 2. The van der Waals surface area contributed by atoms with Gasteiger partial charge < -0.3 is 0 Å². The summed E-state index contributed by atoms with van der Waals surface area (Å²) in [4.78, 5) is 0. The highest BCUT2D eigenvalue weighted by Gasteiger charge is 2.22. The molecule has 0 amide bonds. The van der Waals surface area contributed by atoms with Gasteiger partial charge in [-0.05, 0) is 5.41 Å². The van der Waals surface area contributed by atoms with Crippen LogP contribution in [-0.4, -0.2) is 11.5 Å². The van der Waals surface area contributed by atoms with E-state index in [4.69, 9.17) is 0 Å². The van der Waals surface area contributed by atoms with Crippen molar-refractivity contribution in [2.24, 2.45) is 5.41 Å². The van der Waals surface area contributed by atoms with Gasteiger partial charge in [-0.3, -0.25) is 0 Å². The largest absolute Gasteiger partial charge is 0.135 e. The molecular weight excluding hydrogens is 212 g/mol. The van der Waals surface area contributed by atoms with Gasteiger partial charge in [0.15, 0.2) is 0 Å². The van der Waals surface area contributed by atoms with Gasteiger partial charge in [-0.15, -0.1) is 48.8 Å². The molecule has 0 N–H and O–H groups in total. The lowest BCUT2D eigenvalue weighted by Gasteiger charge is -2.20. The molecule has 0 nitrogen and oxygen atoms in total. The maximum absolute atomic E-state index is 4.35. The summed E-state index contributed by atoms with van der Waals surface area (Å²) in [5.41, 5.74) is 0.411. The Hall–Kier alpha value is 1.14. The highest BCUT2D eigenvalue weighted by molar-refractivity contribution is 8.21. The molecule has 1 aliphatic rings. The van der Waals surface area contributed by atoms with E-state index in [2.05, 4.69) is 39.1 Å². The van der Waals surface area contributed by atoms with Crippen molar-refractivity contribution in [2.75, 3.05) is 11.5 Å². The Morgan fingerprint density at radius 1 is 1.09 bits per heavy atom. The van der Waals surface area contributed by atoms with Crippen molar-refractivity contribution in [3.05, 3.63) is 8.47 Å². The van der Waals surface area contributed by atoms with Crippen LogP contribution in [0.2, 0.25) is 0 Å². The van der Waals surface area contributed by atoms with E-state index in [9.17, 15) is 0 Å². The highest BCUT2D eigenvalue weighted by atomic mass is 32.2. The molecule has 4 heteroatoms. The van der Waals surface area contributed by atoms with Crippen molar-refractivity contribution < 1.29 is 0 Å². The number of thioether (sulfide) groups is 2. The molecule has 0 saturated heterocycles. The van der Waals surface area contributed by atoms with Gasteiger partial charge in [0.05, 0.1) is 8.47 Å². The van der Waals surface area contributed by atoms with E-state index in [1.165, 1.54) is 0 Å². The minimum absolute atomic E-state index is 0.411. The van der Waals surface area contributed by atoms with E-state index in [1.807, 2.05) is 0 Å². The Morgan fingerprint density at radius 2 is 1.45 bits per heavy atom. The van der Waals surface area contributed by atoms with Crippen LogP contribution in [0.4, 0.5) is 0 Å². The molecule has 0 aliphatic carbocycles. The first-order valence-electron chi connectivity index (χ1n) is 3.39. The van der Waals surface area contributed by atoms with Gasteiger partial charge >= 0.3 is 0 Å². The van der Waals surface area contributed by atoms with Crippen molar-refractivity contribution >= 4 is 48.8 Å². The van der Waals surface area contributed by atoms with Gasteiger partial charge in [-0.1, -0.05) is 13.8 Å². The normalized spacial score (nSPS) is 25.1. The molecule has 0 bridgehead atoms. The quantitative estimate of drug-likeness (QED) is 0.605. The van der Waals surface area contributed by atoms with Crippen LogP contribution in [0.15, 0.2) is 8.47 Å². The van der Waals surface area contributed by atoms with Crippen LogP contribution in [0.5, 0.6) is 0 Å². The summed E-state index contributed by atoms with van der Waals surface area (Å²) < 4.78 is 2.15. The van der Waals surface area contributed by atoms with Crippen LogP contribution in [0.1, 0.15) is 13.8 Å². The summed E-state index contributed by atoms with van der Waals surface area (Å²) in [7, 11) is 0. The monoisotopic (exact) mass is 224 g/mol. The number of hydrogen-bond acceptors (Lipinski definition) is 4. The molecule has 0 aromatic rings. The molecule has 0 aromatic carbocycles. The van der Waals surface area contributed by atoms with Crippen LogP contribution in [0.25, 0.3) is 0 Å². The molecule has 0 saturated carbocycles. The second kappa shape index (κ2) is 3.90. The molecule has 0 unspecified atom stereocenters. The lowest BCUT2D eigenvalue weighted by molar-refractivity contribution is 0.494. The van der Waals surface area contributed by atoms with Gasteiger partial charge in [-0.2, -0.15) is 0 Å². The van der Waals surface area contributed by atoms with Crippen LogP contribution in [-0.2, 0) is 0 Å². The van der Waals surface area contributed by atoms with Crippen molar-refractivity contribution in [3.63, 3.8) is 0 Å². The van der Waals surface area contributed by atoms with Crippen molar-refractivity contribution in [3.8, 4) is 0 Å². The first-order valence-corrected chi connectivity index (χ1v) is 6.26. The van der Waals surface area contributed by atoms with Crippen LogP contribution < -0.4 is 0 Å². The summed E-state index contributed by atoms with van der Waals surface area (Å²) in [6.45, 7) is 4.56. The Morgan fingerprint density at radius 3 is 1.82 bits per heavy atom. The van der Waals surface area contributed by atoms with Gasteiger partial charge in [0, 0.05) is 11.5 Å². The number of hydrogen-bond donors (Lipinski definition) is 2. The Bertz CT molecular complexity index is 165. The van der Waals surface area contributed by atoms with E-state index in [0.717, 1.165) is 20.0 Å². The van der Waals surface area contributed by atoms with Gasteiger partial charge in [0.25, 0.3) is 0 Å².